The Morgan fingerprint density at radius 2 is 2.04 bits per heavy atom. The van der Waals surface area contributed by atoms with Gasteiger partial charge in [0, 0.05) is 11.8 Å². The van der Waals surface area contributed by atoms with E-state index in [0.717, 1.165) is 37.9 Å². The highest BCUT2D eigenvalue weighted by atomic mass is 19.4. The van der Waals surface area contributed by atoms with Crippen LogP contribution >= 0.6 is 0 Å². The molecule has 1 atom stereocenters. The van der Waals surface area contributed by atoms with E-state index in [9.17, 15) is 13.2 Å². The minimum Gasteiger partial charge on any atom is -0.368 e. The minimum absolute atomic E-state index is 0.0152. The molecule has 1 aromatic carbocycles. The van der Waals surface area contributed by atoms with Crippen LogP contribution in [0.1, 0.15) is 36.6 Å². The van der Waals surface area contributed by atoms with Gasteiger partial charge in [-0.05, 0) is 37.1 Å². The van der Waals surface area contributed by atoms with Gasteiger partial charge in [-0.1, -0.05) is 18.6 Å². The first-order valence-corrected chi connectivity index (χ1v) is 7.48. The first-order chi connectivity index (χ1) is 10.9. The van der Waals surface area contributed by atoms with E-state index in [0.29, 0.717) is 16.8 Å². The van der Waals surface area contributed by atoms with Crippen LogP contribution in [-0.4, -0.2) is 16.5 Å². The fraction of sp³-hybridized carbons (Fsp3) is 0.375. The Hall–Kier alpha value is -2.15. The molecule has 23 heavy (non-hydrogen) atoms. The second kappa shape index (κ2) is 6.16. The Labute approximate surface area is 131 Å². The van der Waals surface area contributed by atoms with Crippen LogP contribution in [0.2, 0.25) is 0 Å². The van der Waals surface area contributed by atoms with E-state index in [1.54, 1.807) is 6.07 Å². The molecule has 3 N–H and O–H groups in total. The van der Waals surface area contributed by atoms with Crippen LogP contribution in [0.3, 0.4) is 0 Å². The lowest BCUT2D eigenvalue weighted by molar-refractivity contribution is -0.137. The molecule has 1 saturated heterocycles. The van der Waals surface area contributed by atoms with Gasteiger partial charge < -0.3 is 11.1 Å². The average molecular weight is 322 g/mol. The molecule has 1 aromatic heterocycles. The summed E-state index contributed by atoms with van der Waals surface area (Å²) in [7, 11) is 0. The van der Waals surface area contributed by atoms with Gasteiger partial charge >= 0.3 is 6.18 Å². The number of benzene rings is 1. The molecular formula is C16H17F3N4. The zero-order chi connectivity index (χ0) is 16.4. The SMILES string of the molecule is Nc1ncc(-c2cccc(C(F)(F)F)c2)c([C@H]2CCCCN2)n1. The van der Waals surface area contributed by atoms with Crippen molar-refractivity contribution in [2.24, 2.45) is 0 Å². The van der Waals surface area contributed by atoms with Crippen LogP contribution < -0.4 is 11.1 Å². The second-order valence-electron chi connectivity index (χ2n) is 5.61. The molecule has 1 aliphatic rings. The van der Waals surface area contributed by atoms with Gasteiger partial charge in [0.25, 0.3) is 0 Å². The monoisotopic (exact) mass is 322 g/mol. The number of nitrogens with two attached hydrogens (primary N) is 1. The predicted molar refractivity (Wildman–Crippen MR) is 81.5 cm³/mol. The van der Waals surface area contributed by atoms with E-state index >= 15 is 0 Å². The summed E-state index contributed by atoms with van der Waals surface area (Å²) in [5, 5.41) is 3.35. The Morgan fingerprint density at radius 3 is 2.74 bits per heavy atom. The van der Waals surface area contributed by atoms with Crippen molar-refractivity contribution in [2.75, 3.05) is 12.3 Å². The topological polar surface area (TPSA) is 63.8 Å². The fourth-order valence-corrected chi connectivity index (χ4v) is 2.85. The molecule has 0 spiro atoms. The van der Waals surface area contributed by atoms with E-state index in [2.05, 4.69) is 15.3 Å². The lowest BCUT2D eigenvalue weighted by Crippen LogP contribution is -2.28. The largest absolute Gasteiger partial charge is 0.416 e. The molecule has 7 heteroatoms. The van der Waals surface area contributed by atoms with Gasteiger partial charge in [-0.3, -0.25) is 0 Å². The van der Waals surface area contributed by atoms with Gasteiger partial charge in [0.05, 0.1) is 17.3 Å². The highest BCUT2D eigenvalue weighted by molar-refractivity contribution is 5.67. The molecule has 2 aromatic rings. The molecular weight excluding hydrogens is 305 g/mol. The number of hydrogen-bond donors (Lipinski definition) is 2. The summed E-state index contributed by atoms with van der Waals surface area (Å²) >= 11 is 0. The van der Waals surface area contributed by atoms with Crippen LogP contribution in [0.4, 0.5) is 19.1 Å². The number of alkyl halides is 3. The van der Waals surface area contributed by atoms with Crippen molar-refractivity contribution >= 4 is 5.95 Å². The minimum atomic E-state index is -4.38. The third kappa shape index (κ3) is 3.44. The molecule has 1 fully saturated rings. The molecule has 4 nitrogen and oxygen atoms in total. The number of hydrogen-bond acceptors (Lipinski definition) is 4. The number of rotatable bonds is 2. The van der Waals surface area contributed by atoms with Crippen molar-refractivity contribution in [2.45, 2.75) is 31.5 Å². The predicted octanol–water partition coefficient (Wildman–Crippen LogP) is 3.56. The summed E-state index contributed by atoms with van der Waals surface area (Å²) in [4.78, 5) is 8.25. The summed E-state index contributed by atoms with van der Waals surface area (Å²) in [5.41, 5.74) is 6.69. The van der Waals surface area contributed by atoms with Gasteiger partial charge in [0.15, 0.2) is 0 Å². The third-order valence-corrected chi connectivity index (χ3v) is 3.98. The number of piperidine rings is 1. The standard InChI is InChI=1S/C16H17F3N4/c17-16(18,19)11-5-3-4-10(8-11)12-9-22-15(20)23-14(12)13-6-1-2-7-21-13/h3-5,8-9,13,21H,1-2,6-7H2,(H2,20,22,23)/t13-/m1/s1. The maximum absolute atomic E-state index is 12.9. The van der Waals surface area contributed by atoms with Crippen molar-refractivity contribution in [3.63, 3.8) is 0 Å². The number of anilines is 1. The summed E-state index contributed by atoms with van der Waals surface area (Å²) in [5.74, 6) is 0.128. The van der Waals surface area contributed by atoms with Crippen molar-refractivity contribution in [3.05, 3.63) is 41.7 Å². The van der Waals surface area contributed by atoms with Gasteiger partial charge in [-0.25, -0.2) is 9.97 Å². The molecule has 2 heterocycles. The first kappa shape index (κ1) is 15.7. The van der Waals surface area contributed by atoms with Gasteiger partial charge in [-0.15, -0.1) is 0 Å². The van der Waals surface area contributed by atoms with Crippen molar-refractivity contribution in [3.8, 4) is 11.1 Å². The van der Waals surface area contributed by atoms with E-state index in [1.165, 1.54) is 12.3 Å². The highest BCUT2D eigenvalue weighted by Gasteiger charge is 2.31. The summed E-state index contributed by atoms with van der Waals surface area (Å²) in [6, 6.07) is 5.20. The molecule has 0 saturated carbocycles. The highest BCUT2D eigenvalue weighted by Crippen LogP contribution is 2.35. The summed E-state index contributed by atoms with van der Waals surface area (Å²) < 4.78 is 38.8. The maximum Gasteiger partial charge on any atom is 0.416 e. The number of nitrogen functional groups attached to an aromatic ring is 1. The van der Waals surface area contributed by atoms with E-state index in [4.69, 9.17) is 5.73 Å². The molecule has 0 radical (unpaired) electrons. The number of nitrogens with zero attached hydrogens (tertiary/aromatic N) is 2. The molecule has 1 aliphatic heterocycles. The Kier molecular flexibility index (Phi) is 4.21. The first-order valence-electron chi connectivity index (χ1n) is 7.48. The zero-order valence-electron chi connectivity index (χ0n) is 12.4. The van der Waals surface area contributed by atoms with Crippen LogP contribution in [0.15, 0.2) is 30.5 Å². The van der Waals surface area contributed by atoms with Crippen molar-refractivity contribution in [1.82, 2.24) is 15.3 Å². The fourth-order valence-electron chi connectivity index (χ4n) is 2.85. The van der Waals surface area contributed by atoms with Crippen LogP contribution in [-0.2, 0) is 6.18 Å². The van der Waals surface area contributed by atoms with Crippen molar-refractivity contribution < 1.29 is 13.2 Å². The number of nitrogens with one attached hydrogen (secondary N) is 1. The second-order valence-corrected chi connectivity index (χ2v) is 5.61. The molecule has 0 amide bonds. The van der Waals surface area contributed by atoms with Gasteiger partial charge in [0.2, 0.25) is 5.95 Å². The molecule has 3 rings (SSSR count). The van der Waals surface area contributed by atoms with Crippen LogP contribution in [0.25, 0.3) is 11.1 Å². The van der Waals surface area contributed by atoms with E-state index < -0.39 is 11.7 Å². The van der Waals surface area contributed by atoms with Crippen LogP contribution in [0.5, 0.6) is 0 Å². The van der Waals surface area contributed by atoms with Gasteiger partial charge in [-0.2, -0.15) is 13.2 Å². The Bertz CT molecular complexity index is 694. The third-order valence-electron chi connectivity index (χ3n) is 3.98. The van der Waals surface area contributed by atoms with E-state index in [1.807, 2.05) is 0 Å². The maximum atomic E-state index is 12.9. The van der Waals surface area contributed by atoms with Crippen LogP contribution in [0, 0.1) is 0 Å². The molecule has 0 bridgehead atoms. The Morgan fingerprint density at radius 1 is 1.22 bits per heavy atom. The lowest BCUT2D eigenvalue weighted by Gasteiger charge is -2.25. The number of aromatic nitrogens is 2. The molecule has 122 valence electrons. The quantitative estimate of drug-likeness (QED) is 0.887. The van der Waals surface area contributed by atoms with Crippen molar-refractivity contribution in [1.29, 1.82) is 0 Å². The summed E-state index contributed by atoms with van der Waals surface area (Å²) in [6.07, 6.45) is 0.124. The van der Waals surface area contributed by atoms with E-state index in [-0.39, 0.29) is 12.0 Å². The zero-order valence-corrected chi connectivity index (χ0v) is 12.4. The lowest BCUT2D eigenvalue weighted by atomic mass is 9.95. The van der Waals surface area contributed by atoms with Gasteiger partial charge in [0.1, 0.15) is 0 Å². The molecule has 0 unspecified atom stereocenters. The normalized spacial score (nSPS) is 18.8. The average Bonchev–Trinajstić information content (AvgIpc) is 2.55. The smallest absolute Gasteiger partial charge is 0.368 e. The summed E-state index contributed by atoms with van der Waals surface area (Å²) in [6.45, 7) is 0.858. The Balaban J connectivity index is 2.06. The molecule has 0 aliphatic carbocycles. The number of halogens is 3.